The van der Waals surface area contributed by atoms with E-state index in [1.807, 2.05) is 6.07 Å². The number of benzene rings is 1. The molecule has 1 aliphatic carbocycles. The van der Waals surface area contributed by atoms with Gasteiger partial charge in [0.05, 0.1) is 5.41 Å². The van der Waals surface area contributed by atoms with Gasteiger partial charge in [-0.15, -0.1) is 0 Å². The van der Waals surface area contributed by atoms with Crippen molar-refractivity contribution in [2.45, 2.75) is 51.0 Å². The molecule has 21 heavy (non-hydrogen) atoms. The molecule has 1 saturated carbocycles. The van der Waals surface area contributed by atoms with Crippen LogP contribution in [0.25, 0.3) is 0 Å². The molecule has 0 spiro atoms. The molecule has 1 heterocycles. The van der Waals surface area contributed by atoms with Gasteiger partial charge in [-0.05, 0) is 37.8 Å². The summed E-state index contributed by atoms with van der Waals surface area (Å²) in [5.41, 5.74) is 1.19. The van der Waals surface area contributed by atoms with E-state index in [1.165, 1.54) is 5.56 Å². The molecule has 2 fully saturated rings. The fourth-order valence-corrected chi connectivity index (χ4v) is 3.71. The Morgan fingerprint density at radius 3 is 2.86 bits per heavy atom. The summed E-state index contributed by atoms with van der Waals surface area (Å²) in [5.74, 6) is 0.797. The topological polar surface area (TPSA) is 41.1 Å². The molecule has 1 amide bonds. The van der Waals surface area contributed by atoms with Gasteiger partial charge in [-0.2, -0.15) is 0 Å². The predicted octanol–water partition coefficient (Wildman–Crippen LogP) is 2.83. The van der Waals surface area contributed by atoms with Gasteiger partial charge in [0.25, 0.3) is 0 Å². The summed E-state index contributed by atoms with van der Waals surface area (Å²) >= 11 is 0. The first-order valence-electron chi connectivity index (χ1n) is 8.32. The maximum atomic E-state index is 12.8. The zero-order valence-electron chi connectivity index (χ0n) is 12.9. The second-order valence-corrected chi connectivity index (χ2v) is 6.64. The Morgan fingerprint density at radius 1 is 1.38 bits per heavy atom. The number of carbonyl (C=O) groups excluding carboxylic acids is 1. The molecular formula is C18H26N2O. The van der Waals surface area contributed by atoms with E-state index in [-0.39, 0.29) is 11.3 Å². The lowest BCUT2D eigenvalue weighted by atomic mass is 9.76. The lowest BCUT2D eigenvalue weighted by molar-refractivity contribution is -0.132. The van der Waals surface area contributed by atoms with Crippen LogP contribution >= 0.6 is 0 Å². The number of hydrogen-bond acceptors (Lipinski definition) is 2. The fourth-order valence-electron chi connectivity index (χ4n) is 3.71. The number of piperidine rings is 1. The third-order valence-corrected chi connectivity index (χ3v) is 5.02. The summed E-state index contributed by atoms with van der Waals surface area (Å²) in [7, 11) is 0. The SMILES string of the molecule is CCCC1(C(=O)NC2CC2c2ccccc2)CCCNC1. The maximum Gasteiger partial charge on any atom is 0.227 e. The molecule has 0 bridgehead atoms. The molecular weight excluding hydrogens is 260 g/mol. The van der Waals surface area contributed by atoms with Crippen LogP contribution in [0.3, 0.4) is 0 Å². The van der Waals surface area contributed by atoms with E-state index in [1.54, 1.807) is 0 Å². The minimum atomic E-state index is -0.170. The molecule has 3 heteroatoms. The van der Waals surface area contributed by atoms with Gasteiger partial charge in [-0.1, -0.05) is 43.7 Å². The highest BCUT2D eigenvalue weighted by molar-refractivity contribution is 5.83. The summed E-state index contributed by atoms with van der Waals surface area (Å²) in [4.78, 5) is 12.8. The predicted molar refractivity (Wildman–Crippen MR) is 85.2 cm³/mol. The molecule has 3 unspecified atom stereocenters. The number of nitrogens with one attached hydrogen (secondary N) is 2. The molecule has 2 N–H and O–H groups in total. The van der Waals surface area contributed by atoms with Crippen molar-refractivity contribution in [1.29, 1.82) is 0 Å². The highest BCUT2D eigenvalue weighted by Gasteiger charge is 2.45. The largest absolute Gasteiger partial charge is 0.352 e. The Labute approximate surface area is 127 Å². The van der Waals surface area contributed by atoms with Crippen LogP contribution in [-0.2, 0) is 4.79 Å². The fraction of sp³-hybridized carbons (Fsp3) is 0.611. The van der Waals surface area contributed by atoms with Crippen LogP contribution in [0.5, 0.6) is 0 Å². The van der Waals surface area contributed by atoms with E-state index >= 15 is 0 Å². The van der Waals surface area contributed by atoms with Crippen molar-refractivity contribution < 1.29 is 4.79 Å². The van der Waals surface area contributed by atoms with E-state index in [4.69, 9.17) is 0 Å². The van der Waals surface area contributed by atoms with Crippen LogP contribution in [-0.4, -0.2) is 25.0 Å². The Kier molecular flexibility index (Phi) is 4.29. The normalized spacial score (nSPS) is 31.7. The summed E-state index contributed by atoms with van der Waals surface area (Å²) in [6, 6.07) is 10.9. The monoisotopic (exact) mass is 286 g/mol. The van der Waals surface area contributed by atoms with Gasteiger partial charge < -0.3 is 10.6 Å². The average Bonchev–Trinajstić information content (AvgIpc) is 3.28. The molecule has 1 aromatic carbocycles. The Balaban J connectivity index is 1.61. The summed E-state index contributed by atoms with van der Waals surface area (Å²) in [6.07, 6.45) is 5.30. The Hall–Kier alpha value is -1.35. The lowest BCUT2D eigenvalue weighted by Gasteiger charge is -2.36. The molecule has 114 valence electrons. The van der Waals surface area contributed by atoms with Crippen molar-refractivity contribution in [3.63, 3.8) is 0 Å². The molecule has 3 nitrogen and oxygen atoms in total. The zero-order valence-corrected chi connectivity index (χ0v) is 12.9. The van der Waals surface area contributed by atoms with Gasteiger partial charge in [0.15, 0.2) is 0 Å². The quantitative estimate of drug-likeness (QED) is 0.874. The van der Waals surface area contributed by atoms with Gasteiger partial charge in [-0.25, -0.2) is 0 Å². The van der Waals surface area contributed by atoms with Gasteiger partial charge >= 0.3 is 0 Å². The molecule has 2 aliphatic rings. The van der Waals surface area contributed by atoms with E-state index < -0.39 is 0 Å². The second kappa shape index (κ2) is 6.18. The summed E-state index contributed by atoms with van der Waals surface area (Å²) in [6.45, 7) is 4.07. The van der Waals surface area contributed by atoms with Crippen LogP contribution < -0.4 is 10.6 Å². The Bertz CT molecular complexity index is 474. The smallest absolute Gasteiger partial charge is 0.227 e. The number of carbonyl (C=O) groups is 1. The Morgan fingerprint density at radius 2 is 2.19 bits per heavy atom. The van der Waals surface area contributed by atoms with Crippen molar-refractivity contribution >= 4 is 5.91 Å². The highest BCUT2D eigenvalue weighted by Crippen LogP contribution is 2.42. The van der Waals surface area contributed by atoms with Crippen LogP contribution in [0, 0.1) is 5.41 Å². The van der Waals surface area contributed by atoms with Crippen molar-refractivity contribution in [2.24, 2.45) is 5.41 Å². The standard InChI is InChI=1S/C18H26N2O/c1-2-9-18(10-6-11-19-13-18)17(21)20-16-12-15(16)14-7-4-3-5-8-14/h3-5,7-8,15-16,19H,2,6,9-13H2,1H3,(H,20,21). The van der Waals surface area contributed by atoms with E-state index in [0.717, 1.165) is 45.2 Å². The zero-order chi connectivity index (χ0) is 14.7. The van der Waals surface area contributed by atoms with Crippen molar-refractivity contribution in [1.82, 2.24) is 10.6 Å². The number of rotatable bonds is 5. The number of amides is 1. The van der Waals surface area contributed by atoms with Gasteiger partial charge in [0, 0.05) is 18.5 Å². The van der Waals surface area contributed by atoms with Crippen LogP contribution in [0.2, 0.25) is 0 Å². The van der Waals surface area contributed by atoms with E-state index in [9.17, 15) is 4.79 Å². The molecule has 3 rings (SSSR count). The van der Waals surface area contributed by atoms with Crippen LogP contribution in [0.15, 0.2) is 30.3 Å². The van der Waals surface area contributed by atoms with E-state index in [0.29, 0.717) is 12.0 Å². The molecule has 3 atom stereocenters. The van der Waals surface area contributed by atoms with E-state index in [2.05, 4.69) is 41.8 Å². The van der Waals surface area contributed by atoms with Gasteiger partial charge in [-0.3, -0.25) is 4.79 Å². The first-order valence-corrected chi connectivity index (χ1v) is 8.32. The van der Waals surface area contributed by atoms with Crippen molar-refractivity contribution in [3.8, 4) is 0 Å². The average molecular weight is 286 g/mol. The lowest BCUT2D eigenvalue weighted by Crippen LogP contribution is -2.51. The minimum absolute atomic E-state index is 0.170. The van der Waals surface area contributed by atoms with Gasteiger partial charge in [0.1, 0.15) is 0 Å². The molecule has 0 radical (unpaired) electrons. The van der Waals surface area contributed by atoms with Crippen molar-refractivity contribution in [2.75, 3.05) is 13.1 Å². The molecule has 0 aromatic heterocycles. The molecule has 1 saturated heterocycles. The van der Waals surface area contributed by atoms with Crippen molar-refractivity contribution in [3.05, 3.63) is 35.9 Å². The third-order valence-electron chi connectivity index (χ3n) is 5.02. The second-order valence-electron chi connectivity index (χ2n) is 6.64. The third kappa shape index (κ3) is 3.13. The number of hydrogen-bond donors (Lipinski definition) is 2. The first-order chi connectivity index (χ1) is 10.2. The summed E-state index contributed by atoms with van der Waals surface area (Å²) in [5, 5.41) is 6.74. The van der Waals surface area contributed by atoms with Crippen LogP contribution in [0.4, 0.5) is 0 Å². The van der Waals surface area contributed by atoms with Crippen LogP contribution in [0.1, 0.15) is 50.5 Å². The summed E-state index contributed by atoms with van der Waals surface area (Å²) < 4.78 is 0. The minimum Gasteiger partial charge on any atom is -0.352 e. The molecule has 1 aromatic rings. The maximum absolute atomic E-state index is 12.8. The van der Waals surface area contributed by atoms with Gasteiger partial charge in [0.2, 0.25) is 5.91 Å². The first kappa shape index (κ1) is 14.6. The molecule has 1 aliphatic heterocycles. The highest BCUT2D eigenvalue weighted by atomic mass is 16.2.